The minimum atomic E-state index is -0.138. The first kappa shape index (κ1) is 15.3. The van der Waals surface area contributed by atoms with E-state index in [4.69, 9.17) is 0 Å². The number of nitrogens with zero attached hydrogens (tertiary/aromatic N) is 1. The molecule has 0 atom stereocenters. The Bertz CT molecular complexity index is 414. The molecular weight excluding hydrogens is 238 g/mol. The second-order valence-electron chi connectivity index (χ2n) is 4.55. The molecule has 0 aromatic heterocycles. The first-order valence-corrected chi connectivity index (χ1v) is 7.02. The molecule has 0 aliphatic carbocycles. The van der Waals surface area contributed by atoms with E-state index in [2.05, 4.69) is 41.5 Å². The van der Waals surface area contributed by atoms with E-state index in [1.54, 1.807) is 0 Å². The van der Waals surface area contributed by atoms with E-state index in [1.165, 1.54) is 5.69 Å². The predicted octanol–water partition coefficient (Wildman–Crippen LogP) is 3.37. The van der Waals surface area contributed by atoms with Crippen LogP contribution in [0.3, 0.4) is 0 Å². The van der Waals surface area contributed by atoms with Crippen LogP contribution in [-0.2, 0) is 0 Å². The van der Waals surface area contributed by atoms with Crippen molar-refractivity contribution in [3.8, 4) is 0 Å². The molecule has 0 fully saturated rings. The van der Waals surface area contributed by atoms with Gasteiger partial charge in [0.2, 0.25) is 0 Å². The number of anilines is 2. The molecule has 106 valence electrons. The number of nitrogens with one attached hydrogen (secondary N) is 2. The number of amides is 2. The van der Waals surface area contributed by atoms with Gasteiger partial charge in [-0.3, -0.25) is 0 Å². The highest BCUT2D eigenvalue weighted by atomic mass is 16.2. The lowest BCUT2D eigenvalue weighted by atomic mass is 10.1. The van der Waals surface area contributed by atoms with E-state index in [0.29, 0.717) is 6.54 Å². The third-order valence-electron chi connectivity index (χ3n) is 3.12. The van der Waals surface area contributed by atoms with Crippen molar-refractivity contribution in [2.75, 3.05) is 29.9 Å². The van der Waals surface area contributed by atoms with E-state index in [9.17, 15) is 4.79 Å². The smallest absolute Gasteiger partial charge is 0.319 e. The maximum atomic E-state index is 11.6. The van der Waals surface area contributed by atoms with Crippen LogP contribution in [0.5, 0.6) is 0 Å². The Hall–Kier alpha value is -1.71. The van der Waals surface area contributed by atoms with Crippen LogP contribution in [0.1, 0.15) is 32.8 Å². The molecule has 2 amide bonds. The number of urea groups is 1. The van der Waals surface area contributed by atoms with E-state index >= 15 is 0 Å². The number of hydrogen-bond acceptors (Lipinski definition) is 2. The van der Waals surface area contributed by atoms with Crippen molar-refractivity contribution >= 4 is 17.4 Å². The number of benzene rings is 1. The lowest BCUT2D eigenvalue weighted by Crippen LogP contribution is -2.29. The summed E-state index contributed by atoms with van der Waals surface area (Å²) in [7, 11) is 0. The molecule has 2 N–H and O–H groups in total. The van der Waals surface area contributed by atoms with Crippen LogP contribution < -0.4 is 15.5 Å². The SMILES string of the molecule is CCCNC(=O)Nc1ccc(N(CC)CC)cc1C. The van der Waals surface area contributed by atoms with Crippen molar-refractivity contribution in [3.63, 3.8) is 0 Å². The van der Waals surface area contributed by atoms with E-state index in [-0.39, 0.29) is 6.03 Å². The molecule has 1 rings (SSSR count). The average Bonchev–Trinajstić information content (AvgIpc) is 2.41. The Balaban J connectivity index is 2.74. The lowest BCUT2D eigenvalue weighted by Gasteiger charge is -2.22. The molecule has 0 unspecified atom stereocenters. The van der Waals surface area contributed by atoms with Crippen molar-refractivity contribution in [1.29, 1.82) is 0 Å². The quantitative estimate of drug-likeness (QED) is 0.826. The largest absolute Gasteiger partial charge is 0.372 e. The summed E-state index contributed by atoms with van der Waals surface area (Å²) in [6, 6.07) is 5.99. The molecule has 0 radical (unpaired) electrons. The highest BCUT2D eigenvalue weighted by Crippen LogP contribution is 2.22. The fraction of sp³-hybridized carbons (Fsp3) is 0.533. The second kappa shape index (κ2) is 7.67. The number of carbonyl (C=O) groups excluding carboxylic acids is 1. The second-order valence-corrected chi connectivity index (χ2v) is 4.55. The predicted molar refractivity (Wildman–Crippen MR) is 82.1 cm³/mol. The van der Waals surface area contributed by atoms with Gasteiger partial charge in [0.15, 0.2) is 0 Å². The van der Waals surface area contributed by atoms with Crippen molar-refractivity contribution < 1.29 is 4.79 Å². The summed E-state index contributed by atoms with van der Waals surface area (Å²) in [4.78, 5) is 13.9. The van der Waals surface area contributed by atoms with E-state index in [0.717, 1.165) is 30.8 Å². The highest BCUT2D eigenvalue weighted by Gasteiger charge is 2.07. The Morgan fingerprint density at radius 2 is 1.89 bits per heavy atom. The summed E-state index contributed by atoms with van der Waals surface area (Å²) in [5.41, 5.74) is 3.14. The van der Waals surface area contributed by atoms with Crippen LogP contribution in [0.25, 0.3) is 0 Å². The number of hydrogen-bond donors (Lipinski definition) is 2. The molecule has 0 aliphatic rings. The van der Waals surface area contributed by atoms with Gasteiger partial charge in [0.25, 0.3) is 0 Å². The van der Waals surface area contributed by atoms with E-state index in [1.807, 2.05) is 19.9 Å². The molecule has 0 saturated carbocycles. The van der Waals surface area contributed by atoms with Gasteiger partial charge in [-0.1, -0.05) is 6.92 Å². The summed E-state index contributed by atoms with van der Waals surface area (Å²) in [5.74, 6) is 0. The number of carbonyl (C=O) groups is 1. The third-order valence-corrected chi connectivity index (χ3v) is 3.12. The first-order chi connectivity index (χ1) is 9.12. The van der Waals surface area contributed by atoms with Gasteiger partial charge in [0, 0.05) is 31.0 Å². The van der Waals surface area contributed by atoms with Gasteiger partial charge in [-0.2, -0.15) is 0 Å². The fourth-order valence-electron chi connectivity index (χ4n) is 1.98. The summed E-state index contributed by atoms with van der Waals surface area (Å²) in [6.07, 6.45) is 0.938. The molecule has 1 aromatic rings. The zero-order valence-corrected chi connectivity index (χ0v) is 12.4. The molecular formula is C15H25N3O. The van der Waals surface area contributed by atoms with Crippen LogP contribution in [0.15, 0.2) is 18.2 Å². The molecule has 0 saturated heterocycles. The van der Waals surface area contributed by atoms with Crippen molar-refractivity contribution in [3.05, 3.63) is 23.8 Å². The van der Waals surface area contributed by atoms with Gasteiger partial charge in [-0.25, -0.2) is 4.79 Å². The summed E-state index contributed by atoms with van der Waals surface area (Å²) in [6.45, 7) is 11.0. The van der Waals surface area contributed by atoms with Crippen LogP contribution in [-0.4, -0.2) is 25.7 Å². The molecule has 0 bridgehead atoms. The Labute approximate surface area is 116 Å². The standard InChI is InChI=1S/C15H25N3O/c1-5-10-16-15(19)17-14-9-8-13(11-12(14)4)18(6-2)7-3/h8-9,11H,5-7,10H2,1-4H3,(H2,16,17,19). The maximum absolute atomic E-state index is 11.6. The van der Waals surface area contributed by atoms with Crippen molar-refractivity contribution in [2.24, 2.45) is 0 Å². The van der Waals surface area contributed by atoms with Crippen LogP contribution in [0, 0.1) is 6.92 Å². The van der Waals surface area contributed by atoms with Crippen LogP contribution in [0.4, 0.5) is 16.2 Å². The maximum Gasteiger partial charge on any atom is 0.319 e. The molecule has 4 heteroatoms. The monoisotopic (exact) mass is 263 g/mol. The van der Waals surface area contributed by atoms with Crippen molar-refractivity contribution in [2.45, 2.75) is 34.1 Å². The zero-order valence-electron chi connectivity index (χ0n) is 12.4. The molecule has 0 heterocycles. The third kappa shape index (κ3) is 4.47. The lowest BCUT2D eigenvalue weighted by molar-refractivity contribution is 0.252. The zero-order chi connectivity index (χ0) is 14.3. The summed E-state index contributed by atoms with van der Waals surface area (Å²) < 4.78 is 0. The van der Waals surface area contributed by atoms with E-state index < -0.39 is 0 Å². The average molecular weight is 263 g/mol. The van der Waals surface area contributed by atoms with Crippen molar-refractivity contribution in [1.82, 2.24) is 5.32 Å². The fourth-order valence-corrected chi connectivity index (χ4v) is 1.98. The number of aryl methyl sites for hydroxylation is 1. The Morgan fingerprint density at radius 3 is 2.42 bits per heavy atom. The van der Waals surface area contributed by atoms with Gasteiger partial charge in [-0.05, 0) is 51.0 Å². The minimum Gasteiger partial charge on any atom is -0.372 e. The first-order valence-electron chi connectivity index (χ1n) is 7.02. The van der Waals surface area contributed by atoms with Gasteiger partial charge < -0.3 is 15.5 Å². The van der Waals surface area contributed by atoms with Gasteiger partial charge >= 0.3 is 6.03 Å². The summed E-state index contributed by atoms with van der Waals surface area (Å²) in [5, 5.41) is 5.69. The minimum absolute atomic E-state index is 0.138. The highest BCUT2D eigenvalue weighted by molar-refractivity contribution is 5.90. The molecule has 0 aliphatic heterocycles. The molecule has 0 spiro atoms. The number of rotatable bonds is 6. The van der Waals surface area contributed by atoms with Crippen LogP contribution in [0.2, 0.25) is 0 Å². The van der Waals surface area contributed by atoms with Gasteiger partial charge in [-0.15, -0.1) is 0 Å². The molecule has 1 aromatic carbocycles. The molecule has 4 nitrogen and oxygen atoms in total. The van der Waals surface area contributed by atoms with Gasteiger partial charge in [0.1, 0.15) is 0 Å². The normalized spacial score (nSPS) is 10.1. The van der Waals surface area contributed by atoms with Crippen LogP contribution >= 0.6 is 0 Å². The Kier molecular flexibility index (Phi) is 6.19. The topological polar surface area (TPSA) is 44.4 Å². The molecule has 19 heavy (non-hydrogen) atoms. The Morgan fingerprint density at radius 1 is 1.21 bits per heavy atom. The summed E-state index contributed by atoms with van der Waals surface area (Å²) >= 11 is 0. The van der Waals surface area contributed by atoms with Gasteiger partial charge in [0.05, 0.1) is 0 Å².